The lowest BCUT2D eigenvalue weighted by Crippen LogP contribution is -2.30. The molecule has 0 saturated heterocycles. The SMILES string of the molecule is CCCNCCN(C)c1ncc(Br)cc1Cl. The first-order chi connectivity index (χ1) is 7.65. The van der Waals surface area contributed by atoms with Crippen molar-refractivity contribution < 1.29 is 0 Å². The first kappa shape index (κ1) is 13.7. The maximum Gasteiger partial charge on any atom is 0.147 e. The predicted octanol–water partition coefficient (Wildman–Crippen LogP) is 2.93. The van der Waals surface area contributed by atoms with E-state index in [2.05, 4.69) is 38.1 Å². The lowest BCUT2D eigenvalue weighted by molar-refractivity contribution is 0.664. The van der Waals surface area contributed by atoms with Crippen molar-refractivity contribution in [2.24, 2.45) is 0 Å². The maximum absolute atomic E-state index is 6.11. The molecule has 0 aliphatic rings. The smallest absolute Gasteiger partial charge is 0.147 e. The zero-order valence-corrected chi connectivity index (χ0v) is 12.0. The van der Waals surface area contributed by atoms with Crippen LogP contribution in [0.5, 0.6) is 0 Å². The van der Waals surface area contributed by atoms with Crippen molar-refractivity contribution in [2.45, 2.75) is 13.3 Å². The molecule has 90 valence electrons. The van der Waals surface area contributed by atoms with Crippen molar-refractivity contribution in [3.63, 3.8) is 0 Å². The molecule has 0 bridgehead atoms. The average molecular weight is 307 g/mol. The van der Waals surface area contributed by atoms with Crippen LogP contribution in [0.25, 0.3) is 0 Å². The number of aromatic nitrogens is 1. The van der Waals surface area contributed by atoms with E-state index in [0.717, 1.165) is 36.3 Å². The van der Waals surface area contributed by atoms with Crippen molar-refractivity contribution in [2.75, 3.05) is 31.6 Å². The quantitative estimate of drug-likeness (QED) is 0.819. The Hall–Kier alpha value is -0.320. The number of halogens is 2. The number of likely N-dealkylation sites (N-methyl/N-ethyl adjacent to an activating group) is 1. The van der Waals surface area contributed by atoms with Gasteiger partial charge in [0.15, 0.2) is 0 Å². The summed E-state index contributed by atoms with van der Waals surface area (Å²) in [4.78, 5) is 6.35. The zero-order chi connectivity index (χ0) is 12.0. The molecule has 0 saturated carbocycles. The van der Waals surface area contributed by atoms with Crippen LogP contribution >= 0.6 is 27.5 Å². The van der Waals surface area contributed by atoms with Crippen LogP contribution in [0.15, 0.2) is 16.7 Å². The van der Waals surface area contributed by atoms with E-state index in [0.29, 0.717) is 5.02 Å². The molecule has 0 radical (unpaired) electrons. The van der Waals surface area contributed by atoms with Gasteiger partial charge in [-0.05, 0) is 35.0 Å². The number of nitrogens with one attached hydrogen (secondary N) is 1. The molecule has 16 heavy (non-hydrogen) atoms. The van der Waals surface area contributed by atoms with Crippen LogP contribution in [0.1, 0.15) is 13.3 Å². The Balaban J connectivity index is 2.49. The molecule has 1 heterocycles. The summed E-state index contributed by atoms with van der Waals surface area (Å²) in [6, 6.07) is 1.86. The molecule has 0 aromatic carbocycles. The Bertz CT molecular complexity index is 333. The van der Waals surface area contributed by atoms with Gasteiger partial charge in [-0.1, -0.05) is 18.5 Å². The molecule has 1 aromatic heterocycles. The Labute approximate surface area is 110 Å². The predicted molar refractivity (Wildman–Crippen MR) is 73.4 cm³/mol. The van der Waals surface area contributed by atoms with Crippen LogP contribution in [0.2, 0.25) is 5.02 Å². The lowest BCUT2D eigenvalue weighted by atomic mass is 10.4. The van der Waals surface area contributed by atoms with E-state index in [-0.39, 0.29) is 0 Å². The highest BCUT2D eigenvalue weighted by atomic mass is 79.9. The molecule has 0 unspecified atom stereocenters. The number of hydrogen-bond acceptors (Lipinski definition) is 3. The number of rotatable bonds is 6. The van der Waals surface area contributed by atoms with Gasteiger partial charge < -0.3 is 10.2 Å². The van der Waals surface area contributed by atoms with E-state index in [1.54, 1.807) is 6.20 Å². The van der Waals surface area contributed by atoms with E-state index in [1.165, 1.54) is 0 Å². The van der Waals surface area contributed by atoms with Gasteiger partial charge in [-0.15, -0.1) is 0 Å². The van der Waals surface area contributed by atoms with E-state index in [1.807, 2.05) is 13.1 Å². The summed E-state index contributed by atoms with van der Waals surface area (Å²) in [5.41, 5.74) is 0. The minimum Gasteiger partial charge on any atom is -0.357 e. The maximum atomic E-state index is 6.11. The Morgan fingerprint density at radius 1 is 1.50 bits per heavy atom. The molecule has 0 aliphatic carbocycles. The molecule has 3 nitrogen and oxygen atoms in total. The van der Waals surface area contributed by atoms with Crippen molar-refractivity contribution in [3.05, 3.63) is 21.8 Å². The van der Waals surface area contributed by atoms with Gasteiger partial charge in [0.05, 0.1) is 5.02 Å². The van der Waals surface area contributed by atoms with Crippen LogP contribution < -0.4 is 10.2 Å². The van der Waals surface area contributed by atoms with E-state index < -0.39 is 0 Å². The molecule has 0 atom stereocenters. The van der Waals surface area contributed by atoms with Gasteiger partial charge in [0.1, 0.15) is 5.82 Å². The molecule has 1 aromatic rings. The number of anilines is 1. The normalized spacial score (nSPS) is 10.5. The van der Waals surface area contributed by atoms with Crippen molar-refractivity contribution in [1.29, 1.82) is 0 Å². The summed E-state index contributed by atoms with van der Waals surface area (Å²) >= 11 is 9.45. The van der Waals surface area contributed by atoms with E-state index in [4.69, 9.17) is 11.6 Å². The van der Waals surface area contributed by atoms with Gasteiger partial charge in [-0.3, -0.25) is 0 Å². The standard InChI is InChI=1S/C11H17BrClN3/c1-3-4-14-5-6-16(2)11-10(13)7-9(12)8-15-11/h7-8,14H,3-6H2,1-2H3. The topological polar surface area (TPSA) is 28.2 Å². The fraction of sp³-hybridized carbons (Fsp3) is 0.545. The third-order valence-corrected chi connectivity index (χ3v) is 2.91. The molecule has 0 fully saturated rings. The molecule has 0 amide bonds. The molecule has 5 heteroatoms. The largest absolute Gasteiger partial charge is 0.357 e. The van der Waals surface area contributed by atoms with Crippen molar-refractivity contribution in [1.82, 2.24) is 10.3 Å². The average Bonchev–Trinajstić information content (AvgIpc) is 2.24. The van der Waals surface area contributed by atoms with Crippen molar-refractivity contribution in [3.8, 4) is 0 Å². The number of pyridine rings is 1. The second-order valence-corrected chi connectivity index (χ2v) is 4.95. The Morgan fingerprint density at radius 3 is 2.88 bits per heavy atom. The zero-order valence-electron chi connectivity index (χ0n) is 9.63. The minimum absolute atomic E-state index is 0.673. The van der Waals surface area contributed by atoms with Crippen LogP contribution in [0, 0.1) is 0 Å². The molecular formula is C11H17BrClN3. The Kier molecular flexibility index (Phi) is 6.09. The first-order valence-corrected chi connectivity index (χ1v) is 6.55. The summed E-state index contributed by atoms with van der Waals surface area (Å²) in [6.07, 6.45) is 2.91. The van der Waals surface area contributed by atoms with E-state index in [9.17, 15) is 0 Å². The summed E-state index contributed by atoms with van der Waals surface area (Å²) in [6.45, 7) is 5.05. The molecule has 0 aliphatic heterocycles. The fourth-order valence-corrected chi connectivity index (χ4v) is 2.12. The first-order valence-electron chi connectivity index (χ1n) is 5.38. The molecule has 1 rings (SSSR count). The highest BCUT2D eigenvalue weighted by Crippen LogP contribution is 2.24. The number of nitrogens with zero attached hydrogens (tertiary/aromatic N) is 2. The lowest BCUT2D eigenvalue weighted by Gasteiger charge is -2.19. The van der Waals surface area contributed by atoms with Gasteiger partial charge >= 0.3 is 0 Å². The second-order valence-electron chi connectivity index (χ2n) is 3.63. The summed E-state index contributed by atoms with van der Waals surface area (Å²) in [7, 11) is 2.00. The van der Waals surface area contributed by atoms with Gasteiger partial charge in [0.2, 0.25) is 0 Å². The van der Waals surface area contributed by atoms with Crippen molar-refractivity contribution >= 4 is 33.3 Å². The van der Waals surface area contributed by atoms with Gasteiger partial charge in [-0.25, -0.2) is 4.98 Å². The van der Waals surface area contributed by atoms with Crippen LogP contribution in [0.3, 0.4) is 0 Å². The molecule has 1 N–H and O–H groups in total. The van der Waals surface area contributed by atoms with Crippen LogP contribution in [-0.4, -0.2) is 31.7 Å². The van der Waals surface area contributed by atoms with Gasteiger partial charge in [0, 0.05) is 30.8 Å². The highest BCUT2D eigenvalue weighted by molar-refractivity contribution is 9.10. The molecular weight excluding hydrogens is 289 g/mol. The minimum atomic E-state index is 0.673. The summed E-state index contributed by atoms with van der Waals surface area (Å²) in [5.74, 6) is 0.822. The summed E-state index contributed by atoms with van der Waals surface area (Å²) < 4.78 is 0.902. The van der Waals surface area contributed by atoms with Crippen LogP contribution in [0.4, 0.5) is 5.82 Å². The van der Waals surface area contributed by atoms with E-state index >= 15 is 0 Å². The third kappa shape index (κ3) is 4.28. The van der Waals surface area contributed by atoms with Gasteiger partial charge in [0.25, 0.3) is 0 Å². The Morgan fingerprint density at radius 2 is 2.25 bits per heavy atom. The third-order valence-electron chi connectivity index (χ3n) is 2.20. The van der Waals surface area contributed by atoms with Gasteiger partial charge in [-0.2, -0.15) is 0 Å². The number of hydrogen-bond donors (Lipinski definition) is 1. The monoisotopic (exact) mass is 305 g/mol. The highest BCUT2D eigenvalue weighted by Gasteiger charge is 2.07. The van der Waals surface area contributed by atoms with Crippen LogP contribution in [-0.2, 0) is 0 Å². The fourth-order valence-electron chi connectivity index (χ4n) is 1.34. The molecule has 0 spiro atoms. The second kappa shape index (κ2) is 7.09. The summed E-state index contributed by atoms with van der Waals surface area (Å²) in [5, 5.41) is 4.02.